The molecule has 0 atom stereocenters. The standard InChI is InChI=1S/C24H24N4O5/c1-15(2)32-21-6-4-17(12-18(21)13-25)24-26-23(27-33-24)16-3-5-20-19(11-16)14-28(9-10-31-20)8-7-22(29)30/h3-6,11-12,15H,7-10,14H2,1-2H3,(H,29,30). The van der Waals surface area contributed by atoms with E-state index in [1.54, 1.807) is 18.2 Å². The molecule has 0 aliphatic carbocycles. The van der Waals surface area contributed by atoms with Gasteiger partial charge in [0, 0.05) is 36.3 Å². The SMILES string of the molecule is CC(C)Oc1ccc(-c2nc(-c3ccc4c(c3)CN(CCC(=O)O)CCO4)no2)cc1C#N. The Morgan fingerprint density at radius 3 is 2.85 bits per heavy atom. The minimum Gasteiger partial charge on any atom is -0.492 e. The topological polar surface area (TPSA) is 122 Å². The van der Waals surface area contributed by atoms with Crippen LogP contribution in [0.5, 0.6) is 11.5 Å². The number of ether oxygens (including phenoxy) is 2. The Kier molecular flexibility index (Phi) is 6.56. The van der Waals surface area contributed by atoms with E-state index in [1.165, 1.54) is 0 Å². The van der Waals surface area contributed by atoms with Crippen LogP contribution in [0, 0.1) is 11.3 Å². The predicted octanol–water partition coefficient (Wildman–Crippen LogP) is 3.73. The Morgan fingerprint density at radius 2 is 2.09 bits per heavy atom. The Hall–Kier alpha value is -3.90. The molecule has 0 saturated carbocycles. The summed E-state index contributed by atoms with van der Waals surface area (Å²) < 4.78 is 16.9. The summed E-state index contributed by atoms with van der Waals surface area (Å²) in [4.78, 5) is 17.5. The van der Waals surface area contributed by atoms with Gasteiger partial charge in [-0.1, -0.05) is 5.16 Å². The molecule has 2 aromatic carbocycles. The van der Waals surface area contributed by atoms with Crippen molar-refractivity contribution in [3.8, 4) is 40.4 Å². The number of nitriles is 1. The largest absolute Gasteiger partial charge is 0.492 e. The number of hydrogen-bond acceptors (Lipinski definition) is 8. The zero-order valence-corrected chi connectivity index (χ0v) is 18.4. The Balaban J connectivity index is 1.57. The van der Waals surface area contributed by atoms with Crippen LogP contribution in [0.4, 0.5) is 0 Å². The van der Waals surface area contributed by atoms with E-state index in [9.17, 15) is 10.1 Å². The lowest BCUT2D eigenvalue weighted by Crippen LogP contribution is -2.28. The number of aliphatic carboxylic acids is 1. The molecule has 9 nitrogen and oxygen atoms in total. The van der Waals surface area contributed by atoms with Crippen LogP contribution >= 0.6 is 0 Å². The van der Waals surface area contributed by atoms with Crippen molar-refractivity contribution in [3.05, 3.63) is 47.5 Å². The maximum Gasteiger partial charge on any atom is 0.304 e. The summed E-state index contributed by atoms with van der Waals surface area (Å²) >= 11 is 0. The second-order valence-electron chi connectivity index (χ2n) is 8.00. The molecule has 1 aliphatic heterocycles. The van der Waals surface area contributed by atoms with Gasteiger partial charge in [0.1, 0.15) is 24.2 Å². The first-order valence-electron chi connectivity index (χ1n) is 10.7. The van der Waals surface area contributed by atoms with Crippen LogP contribution < -0.4 is 9.47 Å². The number of carbonyl (C=O) groups is 1. The van der Waals surface area contributed by atoms with Gasteiger partial charge in [-0.3, -0.25) is 9.69 Å². The third-order valence-corrected chi connectivity index (χ3v) is 5.16. The molecule has 3 aromatic rings. The van der Waals surface area contributed by atoms with Crippen molar-refractivity contribution in [1.82, 2.24) is 15.0 Å². The van der Waals surface area contributed by atoms with Crippen molar-refractivity contribution in [2.45, 2.75) is 32.9 Å². The molecule has 4 rings (SSSR count). The maximum absolute atomic E-state index is 10.9. The lowest BCUT2D eigenvalue weighted by Gasteiger charge is -2.18. The van der Waals surface area contributed by atoms with Crippen LogP contribution in [0.1, 0.15) is 31.4 Å². The maximum atomic E-state index is 10.9. The molecule has 0 spiro atoms. The highest BCUT2D eigenvalue weighted by Crippen LogP contribution is 2.31. The number of aromatic nitrogens is 2. The number of nitrogens with zero attached hydrogens (tertiary/aromatic N) is 4. The van der Waals surface area contributed by atoms with Crippen LogP contribution in [-0.2, 0) is 11.3 Å². The molecule has 0 radical (unpaired) electrons. The molecular formula is C24H24N4O5. The number of carboxylic acid groups (broad SMARTS) is 1. The van der Waals surface area contributed by atoms with E-state index in [0.29, 0.717) is 54.8 Å². The highest BCUT2D eigenvalue weighted by atomic mass is 16.5. The zero-order valence-electron chi connectivity index (χ0n) is 18.4. The second kappa shape index (κ2) is 9.71. The molecule has 2 heterocycles. The normalized spacial score (nSPS) is 13.6. The third-order valence-electron chi connectivity index (χ3n) is 5.16. The fourth-order valence-corrected chi connectivity index (χ4v) is 3.60. The minimum absolute atomic E-state index is 0.0461. The van der Waals surface area contributed by atoms with Gasteiger partial charge in [-0.05, 0) is 50.2 Å². The monoisotopic (exact) mass is 448 g/mol. The summed E-state index contributed by atoms with van der Waals surface area (Å²) in [6.07, 6.45) is 0.0322. The molecule has 0 amide bonds. The highest BCUT2D eigenvalue weighted by Gasteiger charge is 2.19. The zero-order chi connectivity index (χ0) is 23.4. The van der Waals surface area contributed by atoms with Crippen LogP contribution in [-0.4, -0.2) is 51.9 Å². The van der Waals surface area contributed by atoms with Crippen molar-refractivity contribution in [3.63, 3.8) is 0 Å². The molecule has 0 bridgehead atoms. The van der Waals surface area contributed by atoms with E-state index in [1.807, 2.05) is 32.0 Å². The van der Waals surface area contributed by atoms with Crippen molar-refractivity contribution >= 4 is 5.97 Å². The fourth-order valence-electron chi connectivity index (χ4n) is 3.60. The Labute approximate surface area is 191 Å². The number of fused-ring (bicyclic) bond motifs is 1. The van der Waals surface area contributed by atoms with Gasteiger partial charge in [0.05, 0.1) is 18.1 Å². The molecule has 0 fully saturated rings. The first-order chi connectivity index (χ1) is 15.9. The van der Waals surface area contributed by atoms with E-state index >= 15 is 0 Å². The first kappa shape index (κ1) is 22.3. The molecule has 1 aliphatic rings. The Bertz CT molecular complexity index is 1200. The van der Waals surface area contributed by atoms with Gasteiger partial charge in [-0.25, -0.2) is 0 Å². The molecular weight excluding hydrogens is 424 g/mol. The molecule has 1 aromatic heterocycles. The smallest absolute Gasteiger partial charge is 0.304 e. The third kappa shape index (κ3) is 5.30. The minimum atomic E-state index is -0.822. The van der Waals surface area contributed by atoms with E-state index in [4.69, 9.17) is 19.1 Å². The van der Waals surface area contributed by atoms with Gasteiger partial charge in [0.2, 0.25) is 5.82 Å². The molecule has 170 valence electrons. The van der Waals surface area contributed by atoms with Crippen LogP contribution in [0.3, 0.4) is 0 Å². The summed E-state index contributed by atoms with van der Waals surface area (Å²) in [5, 5.41) is 22.5. The lowest BCUT2D eigenvalue weighted by molar-refractivity contribution is -0.137. The fraction of sp³-hybridized carbons (Fsp3) is 0.333. The van der Waals surface area contributed by atoms with E-state index < -0.39 is 5.97 Å². The van der Waals surface area contributed by atoms with E-state index in [2.05, 4.69) is 21.1 Å². The van der Waals surface area contributed by atoms with Gasteiger partial charge < -0.3 is 19.1 Å². The summed E-state index contributed by atoms with van der Waals surface area (Å²) in [6.45, 7) is 5.97. The van der Waals surface area contributed by atoms with Crippen LogP contribution in [0.2, 0.25) is 0 Å². The summed E-state index contributed by atoms with van der Waals surface area (Å²) in [5.74, 6) is 1.16. The van der Waals surface area contributed by atoms with Crippen LogP contribution in [0.15, 0.2) is 40.9 Å². The second-order valence-corrected chi connectivity index (χ2v) is 8.00. The summed E-state index contributed by atoms with van der Waals surface area (Å²) in [7, 11) is 0. The molecule has 33 heavy (non-hydrogen) atoms. The first-order valence-corrected chi connectivity index (χ1v) is 10.7. The van der Waals surface area contributed by atoms with Gasteiger partial charge in [-0.2, -0.15) is 10.2 Å². The van der Waals surface area contributed by atoms with Crippen LogP contribution in [0.25, 0.3) is 22.8 Å². The Morgan fingerprint density at radius 1 is 1.27 bits per heavy atom. The molecule has 0 unspecified atom stereocenters. The molecule has 0 saturated heterocycles. The van der Waals surface area contributed by atoms with Crippen molar-refractivity contribution < 1.29 is 23.9 Å². The quantitative estimate of drug-likeness (QED) is 0.576. The van der Waals surface area contributed by atoms with Crippen molar-refractivity contribution in [1.29, 1.82) is 5.26 Å². The van der Waals surface area contributed by atoms with Gasteiger partial charge in [-0.15, -0.1) is 0 Å². The number of carboxylic acids is 1. The van der Waals surface area contributed by atoms with Gasteiger partial charge >= 0.3 is 5.97 Å². The number of hydrogen-bond donors (Lipinski definition) is 1. The number of rotatable bonds is 7. The number of benzene rings is 2. The van der Waals surface area contributed by atoms with Crippen molar-refractivity contribution in [2.75, 3.05) is 19.7 Å². The van der Waals surface area contributed by atoms with Gasteiger partial charge in [0.25, 0.3) is 5.89 Å². The predicted molar refractivity (Wildman–Crippen MR) is 119 cm³/mol. The summed E-state index contributed by atoms with van der Waals surface area (Å²) in [5.41, 5.74) is 2.71. The average molecular weight is 448 g/mol. The highest BCUT2D eigenvalue weighted by molar-refractivity contribution is 5.67. The van der Waals surface area contributed by atoms with E-state index in [-0.39, 0.29) is 12.5 Å². The van der Waals surface area contributed by atoms with Gasteiger partial charge in [0.15, 0.2) is 0 Å². The summed E-state index contributed by atoms with van der Waals surface area (Å²) in [6, 6.07) is 13.0. The molecule has 1 N–H and O–H groups in total. The van der Waals surface area contributed by atoms with Crippen molar-refractivity contribution in [2.24, 2.45) is 0 Å². The van der Waals surface area contributed by atoms with E-state index in [0.717, 1.165) is 16.9 Å². The molecule has 9 heteroatoms. The lowest BCUT2D eigenvalue weighted by atomic mass is 10.1. The average Bonchev–Trinajstić information content (AvgIpc) is 3.19.